The maximum absolute atomic E-state index is 13.3. The average molecular weight is 406 g/mol. The van der Waals surface area contributed by atoms with Crippen molar-refractivity contribution in [2.24, 2.45) is 0 Å². The lowest BCUT2D eigenvalue weighted by Gasteiger charge is -2.23. The SMILES string of the molecule is C[C@H]1Oc2ccc(Nc3ncnc4scc(-c5ccc(F)cc5)c34)cc2NC1=O. The lowest BCUT2D eigenvalue weighted by molar-refractivity contribution is -0.122. The summed E-state index contributed by atoms with van der Waals surface area (Å²) in [4.78, 5) is 21.5. The summed E-state index contributed by atoms with van der Waals surface area (Å²) in [6.07, 6.45) is 0.979. The first-order valence-corrected chi connectivity index (χ1v) is 9.83. The van der Waals surface area contributed by atoms with Crippen LogP contribution in [0.3, 0.4) is 0 Å². The molecule has 0 aliphatic carbocycles. The van der Waals surface area contributed by atoms with E-state index in [4.69, 9.17) is 4.74 Å². The minimum absolute atomic E-state index is 0.185. The molecule has 0 spiro atoms. The highest BCUT2D eigenvalue weighted by Gasteiger charge is 2.23. The highest BCUT2D eigenvalue weighted by atomic mass is 32.1. The lowest BCUT2D eigenvalue weighted by Crippen LogP contribution is -2.34. The van der Waals surface area contributed by atoms with E-state index in [1.807, 2.05) is 11.4 Å². The van der Waals surface area contributed by atoms with E-state index in [1.165, 1.54) is 29.8 Å². The fraction of sp³-hybridized carbons (Fsp3) is 0.0952. The highest BCUT2D eigenvalue weighted by Crippen LogP contribution is 2.38. The van der Waals surface area contributed by atoms with Gasteiger partial charge in [0.05, 0.1) is 11.1 Å². The molecule has 0 radical (unpaired) electrons. The summed E-state index contributed by atoms with van der Waals surface area (Å²) in [6.45, 7) is 1.70. The van der Waals surface area contributed by atoms with Gasteiger partial charge in [-0.25, -0.2) is 14.4 Å². The van der Waals surface area contributed by atoms with Crippen molar-refractivity contribution < 1.29 is 13.9 Å². The van der Waals surface area contributed by atoms with Crippen molar-refractivity contribution in [2.75, 3.05) is 10.6 Å². The Morgan fingerprint density at radius 1 is 1.17 bits per heavy atom. The van der Waals surface area contributed by atoms with Crippen molar-refractivity contribution in [3.05, 3.63) is 60.0 Å². The van der Waals surface area contributed by atoms with Crippen LogP contribution in [-0.4, -0.2) is 22.0 Å². The number of halogens is 1. The average Bonchev–Trinajstić information content (AvgIpc) is 3.15. The van der Waals surface area contributed by atoms with Crippen LogP contribution in [0.5, 0.6) is 5.75 Å². The number of carbonyl (C=O) groups is 1. The van der Waals surface area contributed by atoms with Gasteiger partial charge in [-0.3, -0.25) is 4.79 Å². The third kappa shape index (κ3) is 3.17. The number of anilines is 3. The second-order valence-corrected chi connectivity index (χ2v) is 7.50. The van der Waals surface area contributed by atoms with Crippen molar-refractivity contribution in [2.45, 2.75) is 13.0 Å². The first kappa shape index (κ1) is 17.6. The summed E-state index contributed by atoms with van der Waals surface area (Å²) >= 11 is 1.50. The van der Waals surface area contributed by atoms with Crippen LogP contribution in [0.2, 0.25) is 0 Å². The van der Waals surface area contributed by atoms with Gasteiger partial charge in [-0.15, -0.1) is 11.3 Å². The number of fused-ring (bicyclic) bond motifs is 2. The quantitative estimate of drug-likeness (QED) is 0.503. The van der Waals surface area contributed by atoms with E-state index in [2.05, 4.69) is 20.6 Å². The van der Waals surface area contributed by atoms with E-state index in [-0.39, 0.29) is 11.7 Å². The normalized spacial score (nSPS) is 15.5. The topological polar surface area (TPSA) is 76.1 Å². The number of ether oxygens (including phenoxy) is 1. The van der Waals surface area contributed by atoms with E-state index < -0.39 is 6.10 Å². The Balaban J connectivity index is 1.55. The number of hydrogen-bond acceptors (Lipinski definition) is 6. The summed E-state index contributed by atoms with van der Waals surface area (Å²) in [6, 6.07) is 11.8. The smallest absolute Gasteiger partial charge is 0.265 e. The molecule has 1 aliphatic rings. The predicted molar refractivity (Wildman–Crippen MR) is 111 cm³/mol. The van der Waals surface area contributed by atoms with Gasteiger partial charge in [0.15, 0.2) is 6.10 Å². The third-order valence-corrected chi connectivity index (χ3v) is 5.58. The number of carbonyl (C=O) groups excluding carboxylic acids is 1. The molecule has 4 aromatic rings. The molecule has 0 saturated heterocycles. The Labute approximate surface area is 169 Å². The number of thiophene rings is 1. The van der Waals surface area contributed by atoms with Gasteiger partial charge in [0.25, 0.3) is 5.91 Å². The summed E-state index contributed by atoms with van der Waals surface area (Å²) < 4.78 is 18.9. The van der Waals surface area contributed by atoms with Gasteiger partial charge in [-0.2, -0.15) is 0 Å². The van der Waals surface area contributed by atoms with Crippen LogP contribution < -0.4 is 15.4 Å². The van der Waals surface area contributed by atoms with E-state index in [0.29, 0.717) is 17.3 Å². The fourth-order valence-corrected chi connectivity index (χ4v) is 4.15. The molecule has 3 heterocycles. The molecule has 2 aromatic heterocycles. The van der Waals surface area contributed by atoms with Crippen molar-refractivity contribution >= 4 is 44.7 Å². The maximum Gasteiger partial charge on any atom is 0.265 e. The van der Waals surface area contributed by atoms with Crippen molar-refractivity contribution in [3.8, 4) is 16.9 Å². The molecule has 8 heteroatoms. The van der Waals surface area contributed by atoms with Crippen LogP contribution in [0.15, 0.2) is 54.2 Å². The standard InChI is InChI=1S/C21H15FN4O2S/c1-11-20(27)26-16-8-14(6-7-17(16)28-11)25-19-18-15(9-29-21(18)24-10-23-19)12-2-4-13(22)5-3-12/h2-11H,1H3,(H,26,27)(H,23,24,25)/t11-/m1/s1. The van der Waals surface area contributed by atoms with E-state index in [0.717, 1.165) is 27.0 Å². The van der Waals surface area contributed by atoms with Gasteiger partial charge in [0.2, 0.25) is 0 Å². The Kier molecular flexibility index (Phi) is 4.13. The summed E-state index contributed by atoms with van der Waals surface area (Å²) in [5.74, 6) is 0.788. The predicted octanol–water partition coefficient (Wildman–Crippen LogP) is 4.96. The molecule has 1 amide bonds. The molecule has 0 saturated carbocycles. The maximum atomic E-state index is 13.3. The first-order chi connectivity index (χ1) is 14.1. The molecule has 1 aliphatic heterocycles. The minimum atomic E-state index is -0.521. The number of nitrogens with zero attached hydrogens (tertiary/aromatic N) is 2. The van der Waals surface area contributed by atoms with Gasteiger partial charge in [-0.05, 0) is 42.8 Å². The van der Waals surface area contributed by atoms with Crippen molar-refractivity contribution in [1.29, 1.82) is 0 Å². The Morgan fingerprint density at radius 3 is 2.83 bits per heavy atom. The summed E-state index contributed by atoms with van der Waals surface area (Å²) in [7, 11) is 0. The van der Waals surface area contributed by atoms with Crippen LogP contribution in [-0.2, 0) is 4.79 Å². The molecular formula is C21H15FN4O2S. The number of rotatable bonds is 3. The molecule has 1 atom stereocenters. The number of nitrogens with one attached hydrogen (secondary N) is 2. The van der Waals surface area contributed by atoms with Crippen molar-refractivity contribution in [3.63, 3.8) is 0 Å². The Bertz CT molecular complexity index is 1240. The van der Waals surface area contributed by atoms with Gasteiger partial charge < -0.3 is 15.4 Å². The van der Waals surface area contributed by atoms with Crippen LogP contribution in [0.25, 0.3) is 21.3 Å². The molecule has 0 bridgehead atoms. The molecule has 2 aromatic carbocycles. The second-order valence-electron chi connectivity index (χ2n) is 6.64. The van der Waals surface area contributed by atoms with Crippen LogP contribution in [0, 0.1) is 5.82 Å². The zero-order valence-electron chi connectivity index (χ0n) is 15.3. The van der Waals surface area contributed by atoms with Gasteiger partial charge in [0, 0.05) is 16.6 Å². The van der Waals surface area contributed by atoms with Gasteiger partial charge >= 0.3 is 0 Å². The van der Waals surface area contributed by atoms with Gasteiger partial charge in [-0.1, -0.05) is 12.1 Å². The molecule has 144 valence electrons. The number of aromatic nitrogens is 2. The largest absolute Gasteiger partial charge is 0.479 e. The van der Waals surface area contributed by atoms with E-state index in [1.54, 1.807) is 31.2 Å². The molecular weight excluding hydrogens is 391 g/mol. The lowest BCUT2D eigenvalue weighted by atomic mass is 10.1. The van der Waals surface area contributed by atoms with E-state index in [9.17, 15) is 9.18 Å². The Hall–Kier alpha value is -3.52. The van der Waals surface area contributed by atoms with E-state index >= 15 is 0 Å². The highest BCUT2D eigenvalue weighted by molar-refractivity contribution is 7.17. The zero-order chi connectivity index (χ0) is 20.0. The molecule has 2 N–H and O–H groups in total. The second kappa shape index (κ2) is 6.82. The third-order valence-electron chi connectivity index (χ3n) is 4.70. The molecule has 0 fully saturated rings. The van der Waals surface area contributed by atoms with Gasteiger partial charge in [0.1, 0.15) is 28.5 Å². The van der Waals surface area contributed by atoms with Crippen LogP contribution in [0.4, 0.5) is 21.6 Å². The summed E-state index contributed by atoms with van der Waals surface area (Å²) in [5, 5.41) is 8.99. The first-order valence-electron chi connectivity index (χ1n) is 8.95. The molecule has 6 nitrogen and oxygen atoms in total. The Morgan fingerprint density at radius 2 is 2.00 bits per heavy atom. The monoisotopic (exact) mass is 406 g/mol. The fourth-order valence-electron chi connectivity index (χ4n) is 3.24. The number of amides is 1. The molecule has 29 heavy (non-hydrogen) atoms. The molecule has 5 rings (SSSR count). The molecule has 0 unspecified atom stereocenters. The number of benzene rings is 2. The zero-order valence-corrected chi connectivity index (χ0v) is 16.1. The number of hydrogen-bond donors (Lipinski definition) is 2. The van der Waals surface area contributed by atoms with Crippen LogP contribution in [0.1, 0.15) is 6.92 Å². The summed E-state index contributed by atoms with van der Waals surface area (Å²) in [5.41, 5.74) is 3.16. The van der Waals surface area contributed by atoms with Crippen molar-refractivity contribution in [1.82, 2.24) is 9.97 Å². The minimum Gasteiger partial charge on any atom is -0.479 e. The van der Waals surface area contributed by atoms with Crippen LogP contribution >= 0.6 is 11.3 Å².